The van der Waals surface area contributed by atoms with Crippen LogP contribution in [0.25, 0.3) is 22.2 Å². The van der Waals surface area contributed by atoms with Crippen molar-refractivity contribution in [2.24, 2.45) is 0 Å². The third kappa shape index (κ3) is 2.78. The molecule has 0 radical (unpaired) electrons. The average Bonchev–Trinajstić information content (AvgIpc) is 3.31. The normalized spacial score (nSPS) is 13.7. The van der Waals surface area contributed by atoms with Crippen molar-refractivity contribution < 1.29 is 9.53 Å². The number of aromatic amines is 1. The topological polar surface area (TPSA) is 79.0 Å². The van der Waals surface area contributed by atoms with Crippen LogP contribution in [0.1, 0.15) is 12.8 Å². The zero-order valence-electron chi connectivity index (χ0n) is 13.3. The summed E-state index contributed by atoms with van der Waals surface area (Å²) >= 11 is 0. The number of rotatable bonds is 4. The summed E-state index contributed by atoms with van der Waals surface area (Å²) in [5, 5.41) is 6.63. The van der Waals surface area contributed by atoms with Crippen molar-refractivity contribution in [2.75, 3.05) is 12.4 Å². The molecule has 2 aromatic heterocycles. The SMILES string of the molecule is COc1ccccc1-c1c[nH]c2nc(NC(=O)NC3CC3)ccc12. The summed E-state index contributed by atoms with van der Waals surface area (Å²) in [6.45, 7) is 0. The number of carbonyl (C=O) groups excluding carboxylic acids is 1. The van der Waals surface area contributed by atoms with Crippen LogP contribution in [0.4, 0.5) is 10.6 Å². The number of anilines is 1. The number of H-pyrrole nitrogens is 1. The van der Waals surface area contributed by atoms with Gasteiger partial charge in [0.2, 0.25) is 0 Å². The number of fused-ring (bicyclic) bond motifs is 1. The molecule has 0 atom stereocenters. The summed E-state index contributed by atoms with van der Waals surface area (Å²) in [4.78, 5) is 19.5. The number of carbonyl (C=O) groups is 1. The predicted octanol–water partition coefficient (Wildman–Crippen LogP) is 3.52. The molecule has 0 aliphatic heterocycles. The smallest absolute Gasteiger partial charge is 0.320 e. The van der Waals surface area contributed by atoms with Crippen LogP contribution >= 0.6 is 0 Å². The Morgan fingerprint density at radius 2 is 2.04 bits per heavy atom. The average molecular weight is 322 g/mol. The maximum atomic E-state index is 11.8. The molecule has 6 nitrogen and oxygen atoms in total. The van der Waals surface area contributed by atoms with Crippen LogP contribution in [0.15, 0.2) is 42.6 Å². The molecule has 0 unspecified atom stereocenters. The van der Waals surface area contributed by atoms with E-state index >= 15 is 0 Å². The number of urea groups is 1. The Bertz CT molecular complexity index is 899. The molecule has 122 valence electrons. The summed E-state index contributed by atoms with van der Waals surface area (Å²) in [6.07, 6.45) is 4.02. The Morgan fingerprint density at radius 1 is 1.21 bits per heavy atom. The van der Waals surface area contributed by atoms with Gasteiger partial charge >= 0.3 is 6.03 Å². The highest BCUT2D eigenvalue weighted by atomic mass is 16.5. The quantitative estimate of drug-likeness (QED) is 0.687. The molecule has 4 rings (SSSR count). The second-order valence-electron chi connectivity index (χ2n) is 5.87. The second kappa shape index (κ2) is 5.88. The minimum atomic E-state index is -0.208. The van der Waals surface area contributed by atoms with Crippen LogP contribution in [0, 0.1) is 0 Å². The molecule has 1 aliphatic rings. The Morgan fingerprint density at radius 3 is 2.83 bits per heavy atom. The van der Waals surface area contributed by atoms with Crippen molar-refractivity contribution in [3.05, 3.63) is 42.6 Å². The number of hydrogen-bond donors (Lipinski definition) is 3. The molecular formula is C18H18N4O2. The molecule has 0 bridgehead atoms. The van der Waals surface area contributed by atoms with Crippen molar-refractivity contribution in [3.63, 3.8) is 0 Å². The highest BCUT2D eigenvalue weighted by Gasteiger charge is 2.23. The van der Waals surface area contributed by atoms with Gasteiger partial charge in [0.05, 0.1) is 7.11 Å². The van der Waals surface area contributed by atoms with Gasteiger partial charge in [0, 0.05) is 28.8 Å². The molecule has 3 aromatic rings. The molecule has 1 fully saturated rings. The minimum Gasteiger partial charge on any atom is -0.496 e. The van der Waals surface area contributed by atoms with Crippen LogP contribution in [-0.4, -0.2) is 29.2 Å². The Hall–Kier alpha value is -3.02. The Labute approximate surface area is 139 Å². The molecule has 1 aromatic carbocycles. The number of hydrogen-bond acceptors (Lipinski definition) is 3. The van der Waals surface area contributed by atoms with Crippen LogP contribution in [0.5, 0.6) is 5.75 Å². The lowest BCUT2D eigenvalue weighted by molar-refractivity contribution is 0.251. The van der Waals surface area contributed by atoms with Crippen molar-refractivity contribution in [1.29, 1.82) is 0 Å². The van der Waals surface area contributed by atoms with Gasteiger partial charge < -0.3 is 15.0 Å². The largest absolute Gasteiger partial charge is 0.496 e. The minimum absolute atomic E-state index is 0.208. The maximum Gasteiger partial charge on any atom is 0.320 e. The van der Waals surface area contributed by atoms with E-state index in [-0.39, 0.29) is 6.03 Å². The zero-order chi connectivity index (χ0) is 16.5. The van der Waals surface area contributed by atoms with Crippen molar-refractivity contribution in [2.45, 2.75) is 18.9 Å². The van der Waals surface area contributed by atoms with Crippen molar-refractivity contribution in [1.82, 2.24) is 15.3 Å². The lowest BCUT2D eigenvalue weighted by Gasteiger charge is -2.08. The first kappa shape index (κ1) is 14.6. The van der Waals surface area contributed by atoms with E-state index in [1.807, 2.05) is 42.6 Å². The van der Waals surface area contributed by atoms with Gasteiger partial charge in [-0.05, 0) is 31.0 Å². The number of aromatic nitrogens is 2. The molecule has 0 spiro atoms. The highest BCUT2D eigenvalue weighted by Crippen LogP contribution is 2.34. The van der Waals surface area contributed by atoms with E-state index in [1.54, 1.807) is 7.11 Å². The zero-order valence-corrected chi connectivity index (χ0v) is 13.3. The second-order valence-corrected chi connectivity index (χ2v) is 5.87. The van der Waals surface area contributed by atoms with Crippen molar-refractivity contribution >= 4 is 22.9 Å². The molecule has 2 amide bonds. The number of ether oxygens (including phenoxy) is 1. The summed E-state index contributed by atoms with van der Waals surface area (Å²) < 4.78 is 5.44. The van der Waals surface area contributed by atoms with E-state index in [9.17, 15) is 4.79 Å². The highest BCUT2D eigenvalue weighted by molar-refractivity contribution is 5.97. The van der Waals surface area contributed by atoms with Crippen LogP contribution in [0.2, 0.25) is 0 Å². The molecule has 1 saturated carbocycles. The number of methoxy groups -OCH3 is 1. The molecule has 6 heteroatoms. The number of para-hydroxylation sites is 1. The van der Waals surface area contributed by atoms with E-state index in [2.05, 4.69) is 20.6 Å². The van der Waals surface area contributed by atoms with Gasteiger partial charge in [0.1, 0.15) is 17.2 Å². The number of benzene rings is 1. The Balaban J connectivity index is 1.64. The summed E-state index contributed by atoms with van der Waals surface area (Å²) in [5.74, 6) is 1.33. The van der Waals surface area contributed by atoms with Gasteiger partial charge in [0.15, 0.2) is 0 Å². The van der Waals surface area contributed by atoms with Gasteiger partial charge in [-0.25, -0.2) is 9.78 Å². The van der Waals surface area contributed by atoms with Gasteiger partial charge in [0.25, 0.3) is 0 Å². The molecule has 2 heterocycles. The summed E-state index contributed by atoms with van der Waals surface area (Å²) in [6, 6.07) is 11.7. The van der Waals surface area contributed by atoms with Crippen LogP contribution < -0.4 is 15.4 Å². The standard InChI is InChI=1S/C18H18N4O2/c1-24-15-5-3-2-4-12(15)14-10-19-17-13(14)8-9-16(21-17)22-18(23)20-11-6-7-11/h2-5,8-11H,6-7H2,1H3,(H3,19,20,21,22,23). The van der Waals surface area contributed by atoms with E-state index in [0.717, 1.165) is 40.8 Å². The summed E-state index contributed by atoms with van der Waals surface area (Å²) in [5.41, 5.74) is 2.74. The lowest BCUT2D eigenvalue weighted by atomic mass is 10.0. The van der Waals surface area contributed by atoms with E-state index in [1.165, 1.54) is 0 Å². The van der Waals surface area contributed by atoms with Crippen LogP contribution in [0.3, 0.4) is 0 Å². The number of pyridine rings is 1. The number of nitrogens with zero attached hydrogens (tertiary/aromatic N) is 1. The molecule has 3 N–H and O–H groups in total. The fourth-order valence-electron chi connectivity index (χ4n) is 2.73. The maximum absolute atomic E-state index is 11.8. The first-order chi connectivity index (χ1) is 11.7. The fourth-order valence-corrected chi connectivity index (χ4v) is 2.73. The predicted molar refractivity (Wildman–Crippen MR) is 93.3 cm³/mol. The third-order valence-electron chi connectivity index (χ3n) is 4.09. The van der Waals surface area contributed by atoms with Gasteiger partial charge in [-0.3, -0.25) is 5.32 Å². The summed E-state index contributed by atoms with van der Waals surface area (Å²) in [7, 11) is 1.66. The molecule has 1 aliphatic carbocycles. The Kier molecular flexibility index (Phi) is 3.57. The van der Waals surface area contributed by atoms with E-state index in [4.69, 9.17) is 4.74 Å². The first-order valence-corrected chi connectivity index (χ1v) is 7.93. The van der Waals surface area contributed by atoms with Gasteiger partial charge in [-0.2, -0.15) is 0 Å². The lowest BCUT2D eigenvalue weighted by Crippen LogP contribution is -2.30. The monoisotopic (exact) mass is 322 g/mol. The van der Waals surface area contributed by atoms with E-state index < -0.39 is 0 Å². The fraction of sp³-hybridized carbons (Fsp3) is 0.222. The van der Waals surface area contributed by atoms with E-state index in [0.29, 0.717) is 11.9 Å². The van der Waals surface area contributed by atoms with Crippen molar-refractivity contribution in [3.8, 4) is 16.9 Å². The molecule has 24 heavy (non-hydrogen) atoms. The third-order valence-corrected chi connectivity index (χ3v) is 4.09. The molecular weight excluding hydrogens is 304 g/mol. The van der Waals surface area contributed by atoms with Gasteiger partial charge in [-0.15, -0.1) is 0 Å². The number of amides is 2. The van der Waals surface area contributed by atoms with Crippen LogP contribution in [-0.2, 0) is 0 Å². The number of nitrogens with one attached hydrogen (secondary N) is 3. The van der Waals surface area contributed by atoms with Gasteiger partial charge in [-0.1, -0.05) is 18.2 Å². The first-order valence-electron chi connectivity index (χ1n) is 7.93. The molecule has 0 saturated heterocycles.